The Morgan fingerprint density at radius 3 is 2.56 bits per heavy atom. The van der Waals surface area contributed by atoms with E-state index in [1.165, 1.54) is 24.0 Å². The minimum absolute atomic E-state index is 0.0857. The Morgan fingerprint density at radius 1 is 1.33 bits per heavy atom. The molecule has 3 atom stereocenters. The van der Waals surface area contributed by atoms with Gasteiger partial charge in [-0.05, 0) is 37.1 Å². The summed E-state index contributed by atoms with van der Waals surface area (Å²) in [6.45, 7) is 4.20. The summed E-state index contributed by atoms with van der Waals surface area (Å²) >= 11 is 1.93. The molecule has 0 aromatic heterocycles. The summed E-state index contributed by atoms with van der Waals surface area (Å²) in [6, 6.07) is 4.59. The number of nitrogens with one attached hydrogen (secondary N) is 1. The fourth-order valence-corrected chi connectivity index (χ4v) is 3.75. The van der Waals surface area contributed by atoms with Crippen molar-refractivity contribution >= 4 is 11.8 Å². The van der Waals surface area contributed by atoms with Gasteiger partial charge in [-0.2, -0.15) is 11.8 Å². The van der Waals surface area contributed by atoms with E-state index in [0.717, 1.165) is 5.75 Å². The van der Waals surface area contributed by atoms with Crippen LogP contribution in [-0.4, -0.2) is 23.6 Å². The molecule has 0 aliphatic carbocycles. The van der Waals surface area contributed by atoms with E-state index in [1.807, 2.05) is 18.7 Å². The third kappa shape index (κ3) is 3.23. The highest BCUT2D eigenvalue weighted by atomic mass is 32.2. The van der Waals surface area contributed by atoms with Crippen molar-refractivity contribution in [3.05, 3.63) is 35.4 Å². The molecule has 1 saturated heterocycles. The third-order valence-corrected chi connectivity index (χ3v) is 4.79. The molecule has 1 aromatic carbocycles. The van der Waals surface area contributed by atoms with Crippen molar-refractivity contribution < 1.29 is 8.78 Å². The Balaban J connectivity index is 1.96. The van der Waals surface area contributed by atoms with E-state index in [2.05, 4.69) is 12.2 Å². The number of benzene rings is 1. The van der Waals surface area contributed by atoms with Crippen molar-refractivity contribution in [1.29, 1.82) is 0 Å². The lowest BCUT2D eigenvalue weighted by atomic mass is 10.0. The fourth-order valence-electron chi connectivity index (χ4n) is 2.33. The van der Waals surface area contributed by atoms with Crippen LogP contribution in [0.2, 0.25) is 0 Å². The maximum absolute atomic E-state index is 13.5. The van der Waals surface area contributed by atoms with Crippen LogP contribution in [0.15, 0.2) is 18.2 Å². The molecule has 3 unspecified atom stereocenters. The van der Waals surface area contributed by atoms with Crippen molar-refractivity contribution in [2.24, 2.45) is 5.92 Å². The Kier molecular flexibility index (Phi) is 4.62. The minimum Gasteiger partial charge on any atom is -0.310 e. The highest BCUT2D eigenvalue weighted by Gasteiger charge is 2.25. The molecule has 0 bridgehead atoms. The molecule has 0 spiro atoms. The van der Waals surface area contributed by atoms with Crippen LogP contribution in [0.5, 0.6) is 0 Å². The topological polar surface area (TPSA) is 12.0 Å². The molecule has 0 amide bonds. The molecular formula is C14H19F2NS. The zero-order valence-electron chi connectivity index (χ0n) is 10.7. The van der Waals surface area contributed by atoms with Crippen LogP contribution < -0.4 is 5.32 Å². The molecule has 2 rings (SSSR count). The highest BCUT2D eigenvalue weighted by molar-refractivity contribution is 7.99. The van der Waals surface area contributed by atoms with Crippen molar-refractivity contribution in [1.82, 2.24) is 5.32 Å². The van der Waals surface area contributed by atoms with Crippen molar-refractivity contribution in [3.8, 4) is 0 Å². The monoisotopic (exact) mass is 271 g/mol. The van der Waals surface area contributed by atoms with E-state index < -0.39 is 11.6 Å². The predicted molar refractivity (Wildman–Crippen MR) is 72.9 cm³/mol. The number of hydrogen-bond acceptors (Lipinski definition) is 2. The summed E-state index contributed by atoms with van der Waals surface area (Å²) < 4.78 is 27.1. The summed E-state index contributed by atoms with van der Waals surface area (Å²) in [4.78, 5) is 0. The van der Waals surface area contributed by atoms with Crippen LogP contribution in [0.3, 0.4) is 0 Å². The van der Waals surface area contributed by atoms with E-state index in [9.17, 15) is 8.78 Å². The molecule has 1 fully saturated rings. The molecule has 1 heterocycles. The lowest BCUT2D eigenvalue weighted by Crippen LogP contribution is -2.41. The summed E-state index contributed by atoms with van der Waals surface area (Å²) in [5.41, 5.74) is 0.191. The van der Waals surface area contributed by atoms with Crippen LogP contribution in [0, 0.1) is 17.6 Å². The highest BCUT2D eigenvalue weighted by Crippen LogP contribution is 2.24. The van der Waals surface area contributed by atoms with Gasteiger partial charge in [0.1, 0.15) is 11.6 Å². The van der Waals surface area contributed by atoms with Gasteiger partial charge in [0.15, 0.2) is 0 Å². The Bertz CT molecular complexity index is 391. The number of thioether (sulfide) groups is 1. The first kappa shape index (κ1) is 13.8. The van der Waals surface area contributed by atoms with Gasteiger partial charge in [-0.25, -0.2) is 8.78 Å². The molecule has 4 heteroatoms. The third-order valence-electron chi connectivity index (χ3n) is 3.44. The molecule has 1 aromatic rings. The second kappa shape index (κ2) is 6.02. The van der Waals surface area contributed by atoms with Crippen LogP contribution in [-0.2, 0) is 6.42 Å². The van der Waals surface area contributed by atoms with Gasteiger partial charge in [0.2, 0.25) is 0 Å². The van der Waals surface area contributed by atoms with Crippen LogP contribution >= 0.6 is 11.8 Å². The molecule has 0 radical (unpaired) electrons. The van der Waals surface area contributed by atoms with Crippen LogP contribution in [0.4, 0.5) is 8.78 Å². The van der Waals surface area contributed by atoms with Gasteiger partial charge < -0.3 is 5.32 Å². The smallest absolute Gasteiger partial charge is 0.129 e. The lowest BCUT2D eigenvalue weighted by Gasteiger charge is -2.22. The van der Waals surface area contributed by atoms with E-state index in [0.29, 0.717) is 18.4 Å². The first-order valence-corrected chi connectivity index (χ1v) is 7.50. The minimum atomic E-state index is -0.447. The first-order chi connectivity index (χ1) is 8.58. The molecule has 1 N–H and O–H groups in total. The zero-order chi connectivity index (χ0) is 13.1. The van der Waals surface area contributed by atoms with Gasteiger partial charge >= 0.3 is 0 Å². The van der Waals surface area contributed by atoms with Crippen molar-refractivity contribution in [2.45, 2.75) is 32.4 Å². The lowest BCUT2D eigenvalue weighted by molar-refractivity contribution is 0.396. The molecular weight excluding hydrogens is 252 g/mol. The SMILES string of the molecule is CC(Cc1c(F)cccc1F)NC1CSCC1C. The van der Waals surface area contributed by atoms with E-state index in [4.69, 9.17) is 0 Å². The second-order valence-electron chi connectivity index (χ2n) is 5.09. The van der Waals surface area contributed by atoms with Gasteiger partial charge in [0.25, 0.3) is 0 Å². The first-order valence-electron chi connectivity index (χ1n) is 6.34. The maximum atomic E-state index is 13.5. The summed E-state index contributed by atoms with van der Waals surface area (Å²) in [5.74, 6) is 1.99. The summed E-state index contributed by atoms with van der Waals surface area (Å²) in [6.07, 6.45) is 0.395. The largest absolute Gasteiger partial charge is 0.310 e. The number of halogens is 2. The average molecular weight is 271 g/mol. The normalized spacial score (nSPS) is 25.3. The number of rotatable bonds is 4. The van der Waals surface area contributed by atoms with Gasteiger partial charge in [0, 0.05) is 23.4 Å². The Morgan fingerprint density at radius 2 is 2.00 bits per heavy atom. The van der Waals surface area contributed by atoms with E-state index in [-0.39, 0.29) is 11.6 Å². The van der Waals surface area contributed by atoms with Crippen molar-refractivity contribution in [2.75, 3.05) is 11.5 Å². The van der Waals surface area contributed by atoms with Gasteiger partial charge in [-0.3, -0.25) is 0 Å². The van der Waals surface area contributed by atoms with Gasteiger partial charge in [-0.15, -0.1) is 0 Å². The molecule has 1 aliphatic heterocycles. The standard InChI is InChI=1S/C14H19F2NS/c1-9-7-18-8-14(9)17-10(2)6-11-12(15)4-3-5-13(11)16/h3-5,9-10,14,17H,6-8H2,1-2H3. The van der Waals surface area contributed by atoms with Crippen LogP contribution in [0.1, 0.15) is 19.4 Å². The zero-order valence-corrected chi connectivity index (χ0v) is 11.6. The molecule has 0 saturated carbocycles. The summed E-state index contributed by atoms with van der Waals surface area (Å²) in [5, 5.41) is 3.48. The van der Waals surface area contributed by atoms with E-state index in [1.54, 1.807) is 0 Å². The fraction of sp³-hybridized carbons (Fsp3) is 0.571. The summed E-state index contributed by atoms with van der Waals surface area (Å²) in [7, 11) is 0. The Labute approximate surface area is 111 Å². The van der Waals surface area contributed by atoms with Gasteiger partial charge in [0.05, 0.1) is 0 Å². The molecule has 1 nitrogen and oxygen atoms in total. The van der Waals surface area contributed by atoms with Crippen molar-refractivity contribution in [3.63, 3.8) is 0 Å². The average Bonchev–Trinajstić information content (AvgIpc) is 2.70. The molecule has 1 aliphatic rings. The maximum Gasteiger partial charge on any atom is 0.129 e. The molecule has 18 heavy (non-hydrogen) atoms. The van der Waals surface area contributed by atoms with Crippen LogP contribution in [0.25, 0.3) is 0 Å². The van der Waals surface area contributed by atoms with E-state index >= 15 is 0 Å². The van der Waals surface area contributed by atoms with Gasteiger partial charge in [-0.1, -0.05) is 13.0 Å². The second-order valence-corrected chi connectivity index (χ2v) is 6.17. The number of hydrogen-bond donors (Lipinski definition) is 1. The molecule has 100 valence electrons. The quantitative estimate of drug-likeness (QED) is 0.902. The predicted octanol–water partition coefficient (Wildman–Crippen LogP) is 3.24. The Hall–Kier alpha value is -0.610.